The van der Waals surface area contributed by atoms with E-state index in [1.807, 2.05) is 0 Å². The van der Waals surface area contributed by atoms with Crippen LogP contribution in [-0.4, -0.2) is 25.2 Å². The van der Waals surface area contributed by atoms with Gasteiger partial charge < -0.3 is 9.47 Å². The van der Waals surface area contributed by atoms with Gasteiger partial charge in [0.2, 0.25) is 0 Å². The molecule has 0 radical (unpaired) electrons. The SMILES string of the molecule is CCOC(=O)C(C)(C)C(=O)OCCCC(C)C. The van der Waals surface area contributed by atoms with Crippen LogP contribution in [0.25, 0.3) is 0 Å². The average molecular weight is 244 g/mol. The molecule has 0 fully saturated rings. The van der Waals surface area contributed by atoms with Gasteiger partial charge in [0.1, 0.15) is 0 Å². The number of hydrogen-bond acceptors (Lipinski definition) is 4. The number of hydrogen-bond donors (Lipinski definition) is 0. The molecule has 0 unspecified atom stereocenters. The van der Waals surface area contributed by atoms with Gasteiger partial charge in [-0.3, -0.25) is 9.59 Å². The molecule has 0 spiro atoms. The van der Waals surface area contributed by atoms with E-state index >= 15 is 0 Å². The first-order valence-corrected chi connectivity index (χ1v) is 6.16. The second-order valence-electron chi connectivity index (χ2n) is 5.02. The van der Waals surface area contributed by atoms with Crippen molar-refractivity contribution in [3.05, 3.63) is 0 Å². The smallest absolute Gasteiger partial charge is 0.322 e. The van der Waals surface area contributed by atoms with Crippen LogP contribution in [0.15, 0.2) is 0 Å². The topological polar surface area (TPSA) is 52.6 Å². The molecule has 0 N–H and O–H groups in total. The number of esters is 2. The van der Waals surface area contributed by atoms with E-state index in [0.29, 0.717) is 12.5 Å². The molecule has 0 saturated heterocycles. The number of rotatable bonds is 7. The molecule has 0 aliphatic heterocycles. The van der Waals surface area contributed by atoms with Gasteiger partial charge in [-0.2, -0.15) is 0 Å². The third kappa shape index (κ3) is 5.71. The maximum absolute atomic E-state index is 11.7. The summed E-state index contributed by atoms with van der Waals surface area (Å²) in [6, 6.07) is 0. The molecule has 0 aliphatic rings. The summed E-state index contributed by atoms with van der Waals surface area (Å²) in [6.45, 7) is 9.62. The zero-order chi connectivity index (χ0) is 13.5. The van der Waals surface area contributed by atoms with Crippen LogP contribution in [-0.2, 0) is 19.1 Å². The highest BCUT2D eigenvalue weighted by molar-refractivity contribution is 5.99. The molecule has 0 heterocycles. The Balaban J connectivity index is 4.07. The molecule has 0 aromatic rings. The first-order chi connectivity index (χ1) is 7.82. The Morgan fingerprint density at radius 1 is 1.12 bits per heavy atom. The minimum atomic E-state index is -1.21. The van der Waals surface area contributed by atoms with Crippen molar-refractivity contribution in [2.75, 3.05) is 13.2 Å². The number of carbonyl (C=O) groups is 2. The van der Waals surface area contributed by atoms with Crippen LogP contribution in [0, 0.1) is 11.3 Å². The van der Waals surface area contributed by atoms with Gasteiger partial charge in [0, 0.05) is 0 Å². The van der Waals surface area contributed by atoms with Gasteiger partial charge in [0.05, 0.1) is 13.2 Å². The molecule has 0 rings (SSSR count). The van der Waals surface area contributed by atoms with Crippen LogP contribution >= 0.6 is 0 Å². The van der Waals surface area contributed by atoms with Crippen molar-refractivity contribution < 1.29 is 19.1 Å². The Bertz CT molecular complexity index is 256. The van der Waals surface area contributed by atoms with E-state index in [0.717, 1.165) is 12.8 Å². The Morgan fingerprint density at radius 2 is 1.65 bits per heavy atom. The molecule has 0 aromatic carbocycles. The van der Waals surface area contributed by atoms with E-state index < -0.39 is 17.4 Å². The first kappa shape index (κ1) is 15.9. The molecular weight excluding hydrogens is 220 g/mol. The Morgan fingerprint density at radius 3 is 2.12 bits per heavy atom. The summed E-state index contributed by atoms with van der Waals surface area (Å²) < 4.78 is 9.92. The maximum atomic E-state index is 11.7. The van der Waals surface area contributed by atoms with Crippen LogP contribution in [0.2, 0.25) is 0 Å². The van der Waals surface area contributed by atoms with Crippen LogP contribution in [0.4, 0.5) is 0 Å². The van der Waals surface area contributed by atoms with E-state index in [-0.39, 0.29) is 6.61 Å². The fourth-order valence-corrected chi connectivity index (χ4v) is 1.23. The summed E-state index contributed by atoms with van der Waals surface area (Å²) in [5.41, 5.74) is -1.21. The zero-order valence-corrected chi connectivity index (χ0v) is 11.5. The quantitative estimate of drug-likeness (QED) is 0.392. The summed E-state index contributed by atoms with van der Waals surface area (Å²) in [7, 11) is 0. The maximum Gasteiger partial charge on any atom is 0.322 e. The Kier molecular flexibility index (Phi) is 6.85. The lowest BCUT2D eigenvalue weighted by molar-refractivity contribution is -0.169. The van der Waals surface area contributed by atoms with E-state index in [2.05, 4.69) is 13.8 Å². The molecule has 0 aromatic heterocycles. The van der Waals surface area contributed by atoms with Crippen LogP contribution in [0.5, 0.6) is 0 Å². The van der Waals surface area contributed by atoms with Crippen LogP contribution < -0.4 is 0 Å². The van der Waals surface area contributed by atoms with Gasteiger partial charge in [-0.25, -0.2) is 0 Å². The lowest BCUT2D eigenvalue weighted by Crippen LogP contribution is -2.36. The number of carbonyl (C=O) groups excluding carboxylic acids is 2. The standard InChI is InChI=1S/C13H24O4/c1-6-16-11(14)13(4,5)12(15)17-9-7-8-10(2)3/h10H,6-9H2,1-5H3. The van der Waals surface area contributed by atoms with Crippen molar-refractivity contribution in [2.45, 2.75) is 47.5 Å². The normalized spacial score (nSPS) is 11.4. The van der Waals surface area contributed by atoms with E-state index in [4.69, 9.17) is 9.47 Å². The van der Waals surface area contributed by atoms with Gasteiger partial charge in [-0.1, -0.05) is 13.8 Å². The number of ether oxygens (including phenoxy) is 2. The minimum Gasteiger partial charge on any atom is -0.465 e. The first-order valence-electron chi connectivity index (χ1n) is 6.16. The van der Waals surface area contributed by atoms with E-state index in [1.165, 1.54) is 13.8 Å². The molecule has 0 atom stereocenters. The second-order valence-corrected chi connectivity index (χ2v) is 5.02. The summed E-state index contributed by atoms with van der Waals surface area (Å²) in [4.78, 5) is 23.2. The van der Waals surface area contributed by atoms with Crippen LogP contribution in [0.3, 0.4) is 0 Å². The van der Waals surface area contributed by atoms with Crippen molar-refractivity contribution in [2.24, 2.45) is 11.3 Å². The van der Waals surface area contributed by atoms with Crippen molar-refractivity contribution in [1.29, 1.82) is 0 Å². The van der Waals surface area contributed by atoms with Gasteiger partial charge in [0.15, 0.2) is 5.41 Å². The van der Waals surface area contributed by atoms with Crippen LogP contribution in [0.1, 0.15) is 47.5 Å². The molecule has 4 heteroatoms. The summed E-state index contributed by atoms with van der Waals surface area (Å²) >= 11 is 0. The molecule has 0 bridgehead atoms. The fraction of sp³-hybridized carbons (Fsp3) is 0.846. The summed E-state index contributed by atoms with van der Waals surface area (Å²) in [5.74, 6) is -0.458. The van der Waals surface area contributed by atoms with Crippen molar-refractivity contribution in [3.8, 4) is 0 Å². The van der Waals surface area contributed by atoms with E-state index in [9.17, 15) is 9.59 Å². The molecule has 4 nitrogen and oxygen atoms in total. The second kappa shape index (κ2) is 7.30. The lowest BCUT2D eigenvalue weighted by atomic mass is 9.94. The summed E-state index contributed by atoms with van der Waals surface area (Å²) in [5, 5.41) is 0. The fourth-order valence-electron chi connectivity index (χ4n) is 1.23. The highest BCUT2D eigenvalue weighted by Crippen LogP contribution is 2.20. The highest BCUT2D eigenvalue weighted by atomic mass is 16.6. The minimum absolute atomic E-state index is 0.267. The molecule has 0 saturated carbocycles. The molecule has 0 amide bonds. The van der Waals surface area contributed by atoms with Gasteiger partial charge in [-0.05, 0) is 39.5 Å². The predicted octanol–water partition coefficient (Wildman–Crippen LogP) is 2.56. The monoisotopic (exact) mass is 244 g/mol. The molecular formula is C13H24O4. The van der Waals surface area contributed by atoms with E-state index in [1.54, 1.807) is 6.92 Å². The van der Waals surface area contributed by atoms with Crippen molar-refractivity contribution in [1.82, 2.24) is 0 Å². The third-order valence-electron chi connectivity index (χ3n) is 2.46. The third-order valence-corrected chi connectivity index (χ3v) is 2.46. The molecule has 17 heavy (non-hydrogen) atoms. The largest absolute Gasteiger partial charge is 0.465 e. The van der Waals surface area contributed by atoms with Crippen molar-refractivity contribution >= 4 is 11.9 Å². The lowest BCUT2D eigenvalue weighted by Gasteiger charge is -2.20. The zero-order valence-electron chi connectivity index (χ0n) is 11.5. The molecule has 0 aliphatic carbocycles. The highest BCUT2D eigenvalue weighted by Gasteiger charge is 2.39. The van der Waals surface area contributed by atoms with Gasteiger partial charge in [-0.15, -0.1) is 0 Å². The van der Waals surface area contributed by atoms with Crippen molar-refractivity contribution in [3.63, 3.8) is 0 Å². The molecule has 100 valence electrons. The Hall–Kier alpha value is -1.06. The summed E-state index contributed by atoms with van der Waals surface area (Å²) in [6.07, 6.45) is 1.83. The van der Waals surface area contributed by atoms with Gasteiger partial charge in [0.25, 0.3) is 0 Å². The predicted molar refractivity (Wildman–Crippen MR) is 65.4 cm³/mol. The Labute approximate surface area is 104 Å². The average Bonchev–Trinajstić information content (AvgIpc) is 2.23. The van der Waals surface area contributed by atoms with Gasteiger partial charge >= 0.3 is 11.9 Å².